The zero-order chi connectivity index (χ0) is 20.2. The van der Waals surface area contributed by atoms with Crippen molar-refractivity contribution in [2.24, 2.45) is 0 Å². The van der Waals surface area contributed by atoms with Crippen molar-refractivity contribution in [1.29, 1.82) is 5.26 Å². The number of anilines is 2. The highest BCUT2D eigenvalue weighted by Gasteiger charge is 2.24. The van der Waals surface area contributed by atoms with Gasteiger partial charge in [0, 0.05) is 30.9 Å². The average Bonchev–Trinajstić information content (AvgIpc) is 2.64. The smallest absolute Gasteiger partial charge is 0.270 e. The Hall–Kier alpha value is -2.96. The van der Waals surface area contributed by atoms with Crippen LogP contribution in [0.2, 0.25) is 0 Å². The van der Waals surface area contributed by atoms with Gasteiger partial charge in [0.25, 0.3) is 5.69 Å². The summed E-state index contributed by atoms with van der Waals surface area (Å²) in [5, 5.41) is 23.1. The summed E-state index contributed by atoms with van der Waals surface area (Å²) in [6.07, 6.45) is 0. The van der Waals surface area contributed by atoms with Gasteiger partial charge in [-0.05, 0) is 30.7 Å². The molecular weight excluding hydrogens is 368 g/mol. The van der Waals surface area contributed by atoms with Gasteiger partial charge >= 0.3 is 0 Å². The maximum atomic E-state index is 12.8. The van der Waals surface area contributed by atoms with Crippen molar-refractivity contribution in [3.8, 4) is 6.07 Å². The quantitative estimate of drug-likeness (QED) is 0.573. The van der Waals surface area contributed by atoms with Crippen molar-refractivity contribution in [3.05, 3.63) is 57.6 Å². The molecule has 0 amide bonds. The second-order valence-corrected chi connectivity index (χ2v) is 7.70. The first-order valence-electron chi connectivity index (χ1n) is 8.31. The van der Waals surface area contributed by atoms with E-state index in [1.165, 1.54) is 28.6 Å². The molecule has 0 bridgehead atoms. The zero-order valence-electron chi connectivity index (χ0n) is 15.3. The summed E-state index contributed by atoms with van der Waals surface area (Å²) in [6, 6.07) is 10.7. The molecule has 142 valence electrons. The predicted molar refractivity (Wildman–Crippen MR) is 102 cm³/mol. The van der Waals surface area contributed by atoms with E-state index in [-0.39, 0.29) is 16.1 Å². The number of rotatable bonds is 7. The van der Waals surface area contributed by atoms with Crippen LogP contribution in [0.15, 0.2) is 41.3 Å². The zero-order valence-corrected chi connectivity index (χ0v) is 16.1. The van der Waals surface area contributed by atoms with E-state index in [2.05, 4.69) is 5.32 Å². The molecule has 0 atom stereocenters. The third-order valence-electron chi connectivity index (χ3n) is 4.12. The molecule has 0 radical (unpaired) electrons. The van der Waals surface area contributed by atoms with Crippen molar-refractivity contribution in [3.63, 3.8) is 0 Å². The predicted octanol–water partition coefficient (Wildman–Crippen LogP) is 3.55. The van der Waals surface area contributed by atoms with Crippen molar-refractivity contribution >= 4 is 27.1 Å². The molecule has 0 aliphatic heterocycles. The van der Waals surface area contributed by atoms with Gasteiger partial charge in [0.05, 0.1) is 21.1 Å². The number of hydrogen-bond donors (Lipinski definition) is 1. The molecule has 9 heteroatoms. The van der Waals surface area contributed by atoms with Gasteiger partial charge in [0.1, 0.15) is 6.07 Å². The first-order chi connectivity index (χ1) is 12.7. The van der Waals surface area contributed by atoms with Crippen LogP contribution in [-0.2, 0) is 10.0 Å². The van der Waals surface area contributed by atoms with Crippen molar-refractivity contribution in [2.45, 2.75) is 25.7 Å². The lowest BCUT2D eigenvalue weighted by Crippen LogP contribution is -2.31. The van der Waals surface area contributed by atoms with Crippen LogP contribution in [0.1, 0.15) is 25.0 Å². The van der Waals surface area contributed by atoms with Crippen LogP contribution in [-0.4, -0.2) is 30.7 Å². The number of non-ortho nitro benzene ring substituents is 1. The monoisotopic (exact) mass is 388 g/mol. The third-order valence-corrected chi connectivity index (χ3v) is 6.32. The molecule has 0 aliphatic carbocycles. The van der Waals surface area contributed by atoms with E-state index in [4.69, 9.17) is 0 Å². The van der Waals surface area contributed by atoms with Crippen LogP contribution in [0.4, 0.5) is 17.1 Å². The minimum absolute atomic E-state index is 0.0953. The molecule has 0 spiro atoms. The second-order valence-electron chi connectivity index (χ2n) is 5.79. The Balaban J connectivity index is 2.46. The summed E-state index contributed by atoms with van der Waals surface area (Å²) in [5.41, 5.74) is 1.34. The van der Waals surface area contributed by atoms with Crippen LogP contribution in [0.5, 0.6) is 0 Å². The largest absolute Gasteiger partial charge is 0.354 e. The lowest BCUT2D eigenvalue weighted by molar-refractivity contribution is -0.384. The number of hydrogen-bond acceptors (Lipinski definition) is 6. The van der Waals surface area contributed by atoms with Crippen LogP contribution in [0.25, 0.3) is 0 Å². The molecule has 2 rings (SSSR count). The molecule has 0 aliphatic rings. The van der Waals surface area contributed by atoms with Crippen LogP contribution >= 0.6 is 0 Å². The maximum absolute atomic E-state index is 12.8. The fourth-order valence-corrected chi connectivity index (χ4v) is 4.37. The number of aryl methyl sites for hydroxylation is 1. The molecule has 1 N–H and O–H groups in total. The molecule has 0 saturated heterocycles. The minimum Gasteiger partial charge on any atom is -0.354 e. The van der Waals surface area contributed by atoms with Gasteiger partial charge in [0.15, 0.2) is 0 Å². The van der Waals surface area contributed by atoms with Crippen LogP contribution in [0.3, 0.4) is 0 Å². The fourth-order valence-electron chi connectivity index (χ4n) is 2.66. The lowest BCUT2D eigenvalue weighted by Gasteiger charge is -2.20. The van der Waals surface area contributed by atoms with Gasteiger partial charge in [-0.25, -0.2) is 8.42 Å². The number of nitrogens with one attached hydrogen (secondary N) is 1. The van der Waals surface area contributed by atoms with E-state index >= 15 is 0 Å². The van der Waals surface area contributed by atoms with Crippen molar-refractivity contribution in [1.82, 2.24) is 4.31 Å². The normalized spacial score (nSPS) is 11.2. The van der Waals surface area contributed by atoms with Crippen LogP contribution < -0.4 is 5.32 Å². The fraction of sp³-hybridized carbons (Fsp3) is 0.278. The number of nitro groups is 1. The van der Waals surface area contributed by atoms with Gasteiger partial charge in [0.2, 0.25) is 10.0 Å². The van der Waals surface area contributed by atoms with Gasteiger partial charge in [-0.2, -0.15) is 9.57 Å². The van der Waals surface area contributed by atoms with Gasteiger partial charge in [-0.1, -0.05) is 19.9 Å². The first kappa shape index (κ1) is 20.4. The Bertz CT molecular complexity index is 1010. The molecule has 2 aromatic rings. The maximum Gasteiger partial charge on any atom is 0.270 e. The average molecular weight is 388 g/mol. The summed E-state index contributed by atoms with van der Waals surface area (Å²) < 4.78 is 27.0. The number of nitrogens with zero attached hydrogens (tertiary/aromatic N) is 3. The SMILES string of the molecule is CCN(CC)S(=O)(=O)c1cc(Nc2ccc([N+](=O)[O-])cc2C#N)ccc1C. The molecule has 0 aromatic heterocycles. The van der Waals surface area contributed by atoms with Gasteiger partial charge in [-0.3, -0.25) is 10.1 Å². The van der Waals surface area contributed by atoms with E-state index in [1.807, 2.05) is 6.07 Å². The molecular formula is C18H20N4O4S. The Morgan fingerprint density at radius 2 is 1.85 bits per heavy atom. The highest BCUT2D eigenvalue weighted by molar-refractivity contribution is 7.89. The Morgan fingerprint density at radius 3 is 2.41 bits per heavy atom. The molecule has 0 fully saturated rings. The van der Waals surface area contributed by atoms with Gasteiger partial charge < -0.3 is 5.32 Å². The molecule has 2 aromatic carbocycles. The summed E-state index contributed by atoms with van der Waals surface area (Å²) in [5.74, 6) is 0. The standard InChI is InChI=1S/C18H20N4O4S/c1-4-21(5-2)27(25,26)18-11-15(7-6-13(18)3)20-17-9-8-16(22(23)24)10-14(17)12-19/h6-11,20H,4-5H2,1-3H3. The van der Waals surface area contributed by atoms with Crippen molar-refractivity contribution in [2.75, 3.05) is 18.4 Å². The Kier molecular flexibility index (Phi) is 6.15. The highest BCUT2D eigenvalue weighted by Crippen LogP contribution is 2.28. The molecule has 0 saturated carbocycles. The Labute approximate surface area is 158 Å². The third kappa shape index (κ3) is 4.24. The van der Waals surface area contributed by atoms with Crippen molar-refractivity contribution < 1.29 is 13.3 Å². The number of sulfonamides is 1. The molecule has 0 unspecified atom stereocenters. The van der Waals surface area contributed by atoms with Crippen LogP contribution in [0, 0.1) is 28.4 Å². The van der Waals surface area contributed by atoms with E-state index in [0.717, 1.165) is 0 Å². The summed E-state index contributed by atoms with van der Waals surface area (Å²) in [7, 11) is -3.64. The minimum atomic E-state index is -3.64. The number of benzene rings is 2. The van der Waals surface area contributed by atoms with E-state index < -0.39 is 14.9 Å². The first-order valence-corrected chi connectivity index (χ1v) is 9.75. The lowest BCUT2D eigenvalue weighted by atomic mass is 10.1. The van der Waals surface area contributed by atoms with E-state index in [9.17, 15) is 23.8 Å². The Morgan fingerprint density at radius 1 is 1.19 bits per heavy atom. The van der Waals surface area contributed by atoms with Gasteiger partial charge in [-0.15, -0.1) is 0 Å². The molecule has 8 nitrogen and oxygen atoms in total. The topological polar surface area (TPSA) is 116 Å². The van der Waals surface area contributed by atoms with E-state index in [1.54, 1.807) is 32.9 Å². The summed E-state index contributed by atoms with van der Waals surface area (Å²) in [6.45, 7) is 5.98. The van der Waals surface area contributed by atoms with E-state index in [0.29, 0.717) is 30.0 Å². The number of nitro benzene ring substituents is 1. The summed E-state index contributed by atoms with van der Waals surface area (Å²) in [4.78, 5) is 10.5. The molecule has 27 heavy (non-hydrogen) atoms. The highest BCUT2D eigenvalue weighted by atomic mass is 32.2. The summed E-state index contributed by atoms with van der Waals surface area (Å²) >= 11 is 0. The molecule has 0 heterocycles. The number of nitriles is 1. The second kappa shape index (κ2) is 8.16.